The summed E-state index contributed by atoms with van der Waals surface area (Å²) in [6.45, 7) is 1.56. The molecule has 0 unspecified atom stereocenters. The van der Waals surface area contributed by atoms with Crippen LogP contribution in [0.2, 0.25) is 0 Å². The molecule has 0 fully saturated rings. The third-order valence-corrected chi connectivity index (χ3v) is 2.01. The first-order valence-electron chi connectivity index (χ1n) is 5.08. The molecule has 0 aliphatic rings. The lowest BCUT2D eigenvalue weighted by Gasteiger charge is -2.16. The summed E-state index contributed by atoms with van der Waals surface area (Å²) in [5.41, 5.74) is 10.2. The minimum absolute atomic E-state index is 0.140. The summed E-state index contributed by atoms with van der Waals surface area (Å²) < 4.78 is 0. The molecule has 2 amide bonds. The first kappa shape index (κ1) is 15.1. The van der Waals surface area contributed by atoms with Gasteiger partial charge in [-0.2, -0.15) is 0 Å². The van der Waals surface area contributed by atoms with Gasteiger partial charge in [0, 0.05) is 12.1 Å². The van der Waals surface area contributed by atoms with Gasteiger partial charge in [-0.05, 0) is 6.42 Å². The van der Waals surface area contributed by atoms with E-state index in [1.54, 1.807) is 6.92 Å². The molecule has 0 bridgehead atoms. The van der Waals surface area contributed by atoms with Crippen LogP contribution in [0.4, 0.5) is 0 Å². The van der Waals surface area contributed by atoms with Crippen LogP contribution in [0.15, 0.2) is 11.6 Å². The number of hydrogen-bond acceptors (Lipinski definition) is 4. The van der Waals surface area contributed by atoms with Gasteiger partial charge in [-0.15, -0.1) is 0 Å². The highest BCUT2D eigenvalue weighted by Crippen LogP contribution is 2.01. The Morgan fingerprint density at radius 1 is 1.18 bits per heavy atom. The molecule has 0 spiro atoms. The molecule has 0 heterocycles. The average Bonchev–Trinajstić information content (AvgIpc) is 2.15. The van der Waals surface area contributed by atoms with Crippen LogP contribution in [0, 0.1) is 0 Å². The van der Waals surface area contributed by atoms with Gasteiger partial charge in [0.2, 0.25) is 11.8 Å². The number of carbonyl (C=O) groups is 3. The van der Waals surface area contributed by atoms with Crippen molar-refractivity contribution >= 4 is 17.8 Å². The molecule has 5 N–H and O–H groups in total. The average molecular weight is 243 g/mol. The third kappa shape index (κ3) is 7.07. The highest BCUT2D eigenvalue weighted by atomic mass is 16.4. The first-order valence-corrected chi connectivity index (χ1v) is 5.08. The second-order valence-corrected chi connectivity index (χ2v) is 3.49. The lowest BCUT2D eigenvalue weighted by molar-refractivity contribution is -0.132. The number of nitrogens with zero attached hydrogens (tertiary/aromatic N) is 1. The molecule has 0 saturated carbocycles. The Kier molecular flexibility index (Phi) is 6.57. The van der Waals surface area contributed by atoms with Crippen molar-refractivity contribution < 1.29 is 19.5 Å². The predicted molar refractivity (Wildman–Crippen MR) is 60.8 cm³/mol. The maximum atomic E-state index is 10.7. The molecule has 0 aromatic rings. The van der Waals surface area contributed by atoms with Crippen LogP contribution >= 0.6 is 0 Å². The molecule has 0 rings (SSSR count). The van der Waals surface area contributed by atoms with E-state index in [0.29, 0.717) is 6.42 Å². The standard InChI is InChI=1S/C10H17N3O4/c1-2-7(10(16)17)3-4-13(5-8(11)14)6-9(12)15/h3H,2,4-6H2,1H3,(H2,11,14)(H2,12,15)(H,16,17). The summed E-state index contributed by atoms with van der Waals surface area (Å²) >= 11 is 0. The van der Waals surface area contributed by atoms with E-state index in [0.717, 1.165) is 0 Å². The lowest BCUT2D eigenvalue weighted by atomic mass is 10.2. The minimum atomic E-state index is -1.02. The highest BCUT2D eigenvalue weighted by Gasteiger charge is 2.11. The molecular weight excluding hydrogens is 226 g/mol. The SMILES string of the molecule is CCC(=CCN(CC(N)=O)CC(N)=O)C(=O)O. The second kappa shape index (κ2) is 7.39. The topological polar surface area (TPSA) is 127 Å². The van der Waals surface area contributed by atoms with E-state index in [2.05, 4.69) is 0 Å². The minimum Gasteiger partial charge on any atom is -0.478 e. The molecule has 0 aromatic heterocycles. The van der Waals surface area contributed by atoms with E-state index < -0.39 is 17.8 Å². The van der Waals surface area contributed by atoms with Crippen LogP contribution in [-0.4, -0.2) is 47.4 Å². The largest absolute Gasteiger partial charge is 0.478 e. The fourth-order valence-electron chi connectivity index (χ4n) is 1.25. The van der Waals surface area contributed by atoms with Crippen molar-refractivity contribution in [2.75, 3.05) is 19.6 Å². The van der Waals surface area contributed by atoms with Crippen LogP contribution in [-0.2, 0) is 14.4 Å². The summed E-state index contributed by atoms with van der Waals surface area (Å²) in [7, 11) is 0. The Hall–Kier alpha value is -1.89. The smallest absolute Gasteiger partial charge is 0.331 e. The molecule has 7 nitrogen and oxygen atoms in total. The second-order valence-electron chi connectivity index (χ2n) is 3.49. The van der Waals surface area contributed by atoms with Gasteiger partial charge in [-0.3, -0.25) is 14.5 Å². The maximum Gasteiger partial charge on any atom is 0.331 e. The van der Waals surface area contributed by atoms with Crippen molar-refractivity contribution in [3.05, 3.63) is 11.6 Å². The summed E-state index contributed by atoms with van der Waals surface area (Å²) in [6.07, 6.45) is 1.80. The number of carbonyl (C=O) groups excluding carboxylic acids is 2. The molecule has 0 atom stereocenters. The van der Waals surface area contributed by atoms with Crippen LogP contribution in [0.25, 0.3) is 0 Å². The fraction of sp³-hybridized carbons (Fsp3) is 0.500. The van der Waals surface area contributed by atoms with Crippen molar-refractivity contribution in [2.24, 2.45) is 11.5 Å². The highest BCUT2D eigenvalue weighted by molar-refractivity contribution is 5.86. The van der Waals surface area contributed by atoms with Gasteiger partial charge in [-0.25, -0.2) is 4.79 Å². The van der Waals surface area contributed by atoms with Gasteiger partial charge in [0.25, 0.3) is 0 Å². The van der Waals surface area contributed by atoms with Gasteiger partial charge >= 0.3 is 5.97 Å². The normalized spacial score (nSPS) is 11.5. The van der Waals surface area contributed by atoms with Crippen molar-refractivity contribution in [1.29, 1.82) is 0 Å². The summed E-state index contributed by atoms with van der Waals surface area (Å²) in [5, 5.41) is 8.78. The molecule has 0 aliphatic heterocycles. The Bertz CT molecular complexity index is 322. The molecular formula is C10H17N3O4. The van der Waals surface area contributed by atoms with Crippen molar-refractivity contribution in [1.82, 2.24) is 4.90 Å². The Labute approximate surface area is 99.1 Å². The molecule has 17 heavy (non-hydrogen) atoms. The number of aliphatic carboxylic acids is 1. The van der Waals surface area contributed by atoms with Crippen LogP contribution in [0.5, 0.6) is 0 Å². The van der Waals surface area contributed by atoms with Crippen LogP contribution in [0.1, 0.15) is 13.3 Å². The molecule has 0 saturated heterocycles. The zero-order valence-electron chi connectivity index (χ0n) is 9.68. The van der Waals surface area contributed by atoms with E-state index in [1.807, 2.05) is 0 Å². The zero-order valence-corrected chi connectivity index (χ0v) is 9.68. The van der Waals surface area contributed by atoms with Gasteiger partial charge in [0.05, 0.1) is 13.1 Å². The molecule has 0 radical (unpaired) electrons. The van der Waals surface area contributed by atoms with Crippen LogP contribution < -0.4 is 11.5 Å². The summed E-state index contributed by atoms with van der Waals surface area (Å²) in [6, 6.07) is 0. The van der Waals surface area contributed by atoms with Crippen molar-refractivity contribution in [3.8, 4) is 0 Å². The quantitative estimate of drug-likeness (QED) is 0.456. The summed E-state index contributed by atoms with van der Waals surface area (Å²) in [4.78, 5) is 33.6. The van der Waals surface area contributed by atoms with Crippen molar-refractivity contribution in [3.63, 3.8) is 0 Å². The fourth-order valence-corrected chi connectivity index (χ4v) is 1.25. The van der Waals surface area contributed by atoms with Gasteiger partial charge in [-0.1, -0.05) is 13.0 Å². The van der Waals surface area contributed by atoms with Gasteiger partial charge < -0.3 is 16.6 Å². The van der Waals surface area contributed by atoms with Gasteiger partial charge in [0.1, 0.15) is 0 Å². The van der Waals surface area contributed by atoms with Crippen molar-refractivity contribution in [2.45, 2.75) is 13.3 Å². The molecule has 0 aromatic carbocycles. The first-order chi connectivity index (χ1) is 7.86. The summed E-state index contributed by atoms with van der Waals surface area (Å²) in [5.74, 6) is -2.23. The predicted octanol–water partition coefficient (Wildman–Crippen LogP) is -1.32. The molecule has 0 aliphatic carbocycles. The number of primary amides is 2. The molecule has 7 heteroatoms. The number of rotatable bonds is 8. The number of nitrogens with two attached hydrogens (primary N) is 2. The number of carboxylic acid groups (broad SMARTS) is 1. The van der Waals surface area contributed by atoms with Gasteiger partial charge in [0.15, 0.2) is 0 Å². The molecule has 96 valence electrons. The Balaban J connectivity index is 4.56. The van der Waals surface area contributed by atoms with E-state index in [9.17, 15) is 14.4 Å². The Morgan fingerprint density at radius 2 is 1.65 bits per heavy atom. The number of hydrogen-bond donors (Lipinski definition) is 3. The van der Waals surface area contributed by atoms with E-state index in [1.165, 1.54) is 11.0 Å². The van der Waals surface area contributed by atoms with E-state index in [-0.39, 0.29) is 25.2 Å². The Morgan fingerprint density at radius 3 is 1.94 bits per heavy atom. The lowest BCUT2D eigenvalue weighted by Crippen LogP contribution is -2.39. The maximum absolute atomic E-state index is 10.7. The number of amides is 2. The zero-order chi connectivity index (χ0) is 13.4. The third-order valence-electron chi connectivity index (χ3n) is 2.01. The number of carboxylic acids is 1. The van der Waals surface area contributed by atoms with Crippen LogP contribution in [0.3, 0.4) is 0 Å². The van der Waals surface area contributed by atoms with E-state index >= 15 is 0 Å². The monoisotopic (exact) mass is 243 g/mol. The van der Waals surface area contributed by atoms with E-state index in [4.69, 9.17) is 16.6 Å².